The van der Waals surface area contributed by atoms with Crippen LogP contribution in [0.4, 0.5) is 0 Å². The van der Waals surface area contributed by atoms with Crippen molar-refractivity contribution in [3.05, 3.63) is 24.3 Å². The van der Waals surface area contributed by atoms with Crippen LogP contribution in [0.15, 0.2) is 24.3 Å². The summed E-state index contributed by atoms with van der Waals surface area (Å²) in [5.41, 5.74) is 0. The second kappa shape index (κ2) is 2.57. The lowest BCUT2D eigenvalue weighted by Gasteiger charge is -2.34. The summed E-state index contributed by atoms with van der Waals surface area (Å²) >= 11 is 0. The molecule has 4 rings (SSSR count). The van der Waals surface area contributed by atoms with Crippen molar-refractivity contribution in [1.29, 1.82) is 0 Å². The van der Waals surface area contributed by atoms with E-state index >= 15 is 0 Å². The highest BCUT2D eigenvalue weighted by Gasteiger charge is 2.42. The van der Waals surface area contributed by atoms with E-state index in [1.54, 1.807) is 0 Å². The SMILES string of the molecule is O=C1C=CC2CCC1C1CC=CC21. The first-order valence-electron chi connectivity index (χ1n) is 5.25. The van der Waals surface area contributed by atoms with Crippen LogP contribution < -0.4 is 0 Å². The van der Waals surface area contributed by atoms with Gasteiger partial charge in [0.25, 0.3) is 0 Å². The summed E-state index contributed by atoms with van der Waals surface area (Å²) in [7, 11) is 0. The molecule has 0 heterocycles. The van der Waals surface area contributed by atoms with Crippen molar-refractivity contribution in [2.45, 2.75) is 19.3 Å². The molecule has 68 valence electrons. The van der Waals surface area contributed by atoms with Crippen LogP contribution in [0.1, 0.15) is 19.3 Å². The number of hydrogen-bond acceptors (Lipinski definition) is 1. The quantitative estimate of drug-likeness (QED) is 0.515. The highest BCUT2D eigenvalue weighted by atomic mass is 16.1. The molecule has 0 aromatic carbocycles. The number of hydrogen-bond donors (Lipinski definition) is 0. The zero-order valence-electron chi connectivity index (χ0n) is 7.65. The Kier molecular flexibility index (Phi) is 1.49. The Bertz CT molecular complexity index is 300. The van der Waals surface area contributed by atoms with Gasteiger partial charge in [0.05, 0.1) is 0 Å². The van der Waals surface area contributed by atoms with Crippen molar-refractivity contribution >= 4 is 5.78 Å². The Balaban J connectivity index is 2.03. The minimum atomic E-state index is 0.343. The van der Waals surface area contributed by atoms with Crippen LogP contribution in [-0.2, 0) is 4.79 Å². The monoisotopic (exact) mass is 174 g/mol. The molecule has 0 spiro atoms. The van der Waals surface area contributed by atoms with Crippen molar-refractivity contribution in [2.24, 2.45) is 23.7 Å². The van der Waals surface area contributed by atoms with Crippen LogP contribution >= 0.6 is 0 Å². The van der Waals surface area contributed by atoms with Gasteiger partial charge >= 0.3 is 0 Å². The van der Waals surface area contributed by atoms with Crippen LogP contribution in [-0.4, -0.2) is 5.78 Å². The highest BCUT2D eigenvalue weighted by molar-refractivity contribution is 5.92. The molecule has 0 saturated heterocycles. The number of ketones is 1. The molecular weight excluding hydrogens is 160 g/mol. The predicted molar refractivity (Wildman–Crippen MR) is 51.1 cm³/mol. The Morgan fingerprint density at radius 1 is 1.23 bits per heavy atom. The van der Waals surface area contributed by atoms with E-state index < -0.39 is 0 Å². The second-order valence-electron chi connectivity index (χ2n) is 4.51. The van der Waals surface area contributed by atoms with E-state index in [0.717, 1.165) is 12.8 Å². The molecule has 4 unspecified atom stereocenters. The summed E-state index contributed by atoms with van der Waals surface area (Å²) in [6.45, 7) is 0. The van der Waals surface area contributed by atoms with Gasteiger partial charge in [-0.2, -0.15) is 0 Å². The van der Waals surface area contributed by atoms with Gasteiger partial charge < -0.3 is 0 Å². The fourth-order valence-corrected chi connectivity index (χ4v) is 3.28. The van der Waals surface area contributed by atoms with Gasteiger partial charge in [0.15, 0.2) is 5.78 Å². The average molecular weight is 174 g/mol. The lowest BCUT2D eigenvalue weighted by Crippen LogP contribution is -2.31. The number of carbonyl (C=O) groups is 1. The third kappa shape index (κ3) is 0.962. The van der Waals surface area contributed by atoms with Crippen LogP contribution in [0.5, 0.6) is 0 Å². The normalized spacial score (nSPS) is 46.6. The molecule has 4 aliphatic carbocycles. The molecule has 1 heteroatoms. The Hall–Kier alpha value is -0.850. The molecule has 0 aliphatic heterocycles. The highest BCUT2D eigenvalue weighted by Crippen LogP contribution is 2.47. The van der Waals surface area contributed by atoms with E-state index in [0.29, 0.717) is 29.5 Å². The van der Waals surface area contributed by atoms with E-state index in [2.05, 4.69) is 18.2 Å². The fourth-order valence-electron chi connectivity index (χ4n) is 3.28. The third-order valence-electron chi connectivity index (χ3n) is 3.96. The molecule has 0 radical (unpaired) electrons. The van der Waals surface area contributed by atoms with Crippen molar-refractivity contribution in [3.63, 3.8) is 0 Å². The van der Waals surface area contributed by atoms with Gasteiger partial charge in [-0.3, -0.25) is 4.79 Å². The molecule has 2 bridgehead atoms. The van der Waals surface area contributed by atoms with E-state index in [1.165, 1.54) is 6.42 Å². The van der Waals surface area contributed by atoms with Crippen LogP contribution in [0.3, 0.4) is 0 Å². The minimum absolute atomic E-state index is 0.343. The smallest absolute Gasteiger partial charge is 0.158 e. The van der Waals surface area contributed by atoms with Crippen LogP contribution in [0, 0.1) is 23.7 Å². The topological polar surface area (TPSA) is 17.1 Å². The Morgan fingerprint density at radius 2 is 2.15 bits per heavy atom. The second-order valence-corrected chi connectivity index (χ2v) is 4.51. The summed E-state index contributed by atoms with van der Waals surface area (Å²) in [6, 6.07) is 0. The zero-order chi connectivity index (χ0) is 8.84. The summed E-state index contributed by atoms with van der Waals surface area (Å²) in [5.74, 6) is 2.71. The van der Waals surface area contributed by atoms with Crippen LogP contribution in [0.2, 0.25) is 0 Å². The van der Waals surface area contributed by atoms with Gasteiger partial charge in [0, 0.05) is 5.92 Å². The molecule has 13 heavy (non-hydrogen) atoms. The van der Waals surface area contributed by atoms with E-state index in [9.17, 15) is 4.79 Å². The number of carbonyl (C=O) groups excluding carboxylic acids is 1. The van der Waals surface area contributed by atoms with Crippen molar-refractivity contribution in [1.82, 2.24) is 0 Å². The fraction of sp³-hybridized carbons (Fsp3) is 0.583. The van der Waals surface area contributed by atoms with Crippen LogP contribution in [0.25, 0.3) is 0 Å². The zero-order valence-corrected chi connectivity index (χ0v) is 7.65. The molecular formula is C12H14O. The van der Waals surface area contributed by atoms with Crippen molar-refractivity contribution in [3.8, 4) is 0 Å². The van der Waals surface area contributed by atoms with Crippen molar-refractivity contribution in [2.75, 3.05) is 0 Å². The predicted octanol–water partition coefficient (Wildman–Crippen LogP) is 2.34. The van der Waals surface area contributed by atoms with Crippen molar-refractivity contribution < 1.29 is 4.79 Å². The average Bonchev–Trinajstić information content (AvgIpc) is 2.52. The minimum Gasteiger partial charge on any atom is -0.295 e. The molecule has 0 N–H and O–H groups in total. The standard InChI is InChI=1S/C12H14O/c13-12-7-5-8-4-6-11(12)10-3-1-2-9(8)10/h1-2,5,7-11H,3-4,6H2. The number of fused-ring (bicyclic) bond motifs is 2. The molecule has 1 saturated carbocycles. The lowest BCUT2D eigenvalue weighted by atomic mass is 9.69. The maximum absolute atomic E-state index is 11.7. The molecule has 0 aromatic heterocycles. The van der Waals surface area contributed by atoms with Gasteiger partial charge in [-0.15, -0.1) is 0 Å². The number of allylic oxidation sites excluding steroid dienone is 4. The molecule has 4 aliphatic rings. The molecule has 0 aromatic rings. The maximum Gasteiger partial charge on any atom is 0.158 e. The Morgan fingerprint density at radius 3 is 3.08 bits per heavy atom. The summed E-state index contributed by atoms with van der Waals surface area (Å²) in [5, 5.41) is 0. The summed E-state index contributed by atoms with van der Waals surface area (Å²) < 4.78 is 0. The molecule has 4 atom stereocenters. The summed E-state index contributed by atoms with van der Waals surface area (Å²) in [4.78, 5) is 11.7. The maximum atomic E-state index is 11.7. The first-order chi connectivity index (χ1) is 6.36. The van der Waals surface area contributed by atoms with Gasteiger partial charge in [-0.25, -0.2) is 0 Å². The molecule has 0 amide bonds. The first kappa shape index (κ1) is 7.54. The molecule has 1 nitrogen and oxygen atoms in total. The third-order valence-corrected chi connectivity index (χ3v) is 3.96. The van der Waals surface area contributed by atoms with E-state index in [1.807, 2.05) is 6.08 Å². The summed E-state index contributed by atoms with van der Waals surface area (Å²) in [6.07, 6.45) is 12.1. The molecule has 1 fully saturated rings. The lowest BCUT2D eigenvalue weighted by molar-refractivity contribution is -0.120. The van der Waals surface area contributed by atoms with E-state index in [-0.39, 0.29) is 0 Å². The first-order valence-corrected chi connectivity index (χ1v) is 5.25. The Labute approximate surface area is 78.5 Å². The van der Waals surface area contributed by atoms with E-state index in [4.69, 9.17) is 0 Å². The van der Waals surface area contributed by atoms with Gasteiger partial charge in [-0.1, -0.05) is 18.2 Å². The number of rotatable bonds is 0. The largest absolute Gasteiger partial charge is 0.295 e. The van der Waals surface area contributed by atoms with Gasteiger partial charge in [0.2, 0.25) is 0 Å². The van der Waals surface area contributed by atoms with Gasteiger partial charge in [-0.05, 0) is 43.1 Å². The van der Waals surface area contributed by atoms with Gasteiger partial charge in [0.1, 0.15) is 0 Å².